The Balaban J connectivity index is 1.61. The highest BCUT2D eigenvalue weighted by molar-refractivity contribution is 6.38. The molecule has 2 aromatic rings. The van der Waals surface area contributed by atoms with Gasteiger partial charge in [-0.1, -0.05) is 38.0 Å². The molecule has 1 unspecified atom stereocenters. The predicted molar refractivity (Wildman–Crippen MR) is 131 cm³/mol. The van der Waals surface area contributed by atoms with Crippen LogP contribution >= 0.6 is 0 Å². The van der Waals surface area contributed by atoms with E-state index in [1.54, 1.807) is 0 Å². The number of unbranched alkanes of at least 4 members (excludes halogenated alkanes) is 1. The quantitative estimate of drug-likeness (QED) is 0.392. The van der Waals surface area contributed by atoms with Crippen LogP contribution in [0, 0.1) is 5.41 Å². The summed E-state index contributed by atoms with van der Waals surface area (Å²) < 4.78 is 0. The van der Waals surface area contributed by atoms with Gasteiger partial charge >= 0.3 is 0 Å². The first-order valence-electron chi connectivity index (χ1n) is 11.7. The van der Waals surface area contributed by atoms with Crippen molar-refractivity contribution >= 4 is 28.6 Å². The van der Waals surface area contributed by atoms with E-state index in [0.29, 0.717) is 6.04 Å². The van der Waals surface area contributed by atoms with E-state index in [4.69, 9.17) is 11.1 Å². The molecule has 1 aliphatic rings. The van der Waals surface area contributed by atoms with Gasteiger partial charge < -0.3 is 20.9 Å². The summed E-state index contributed by atoms with van der Waals surface area (Å²) in [6.07, 6.45) is 5.66. The first kappa shape index (κ1) is 23.8. The summed E-state index contributed by atoms with van der Waals surface area (Å²) in [4.78, 5) is 24.4. The SMILES string of the molecule is CCCCC(Cc1c[nH]c2ccccc12)NC(=O)C(N)=NC(=N)N1CCN(C(C)C)CC1. The molecule has 8 nitrogen and oxygen atoms in total. The number of fused-ring (bicyclic) bond motifs is 1. The molecule has 0 radical (unpaired) electrons. The highest BCUT2D eigenvalue weighted by atomic mass is 16.2. The molecule has 174 valence electrons. The van der Waals surface area contributed by atoms with Gasteiger partial charge in [-0.3, -0.25) is 15.1 Å². The Morgan fingerprint density at radius 2 is 1.97 bits per heavy atom. The van der Waals surface area contributed by atoms with Crippen molar-refractivity contribution in [3.8, 4) is 0 Å². The molecule has 32 heavy (non-hydrogen) atoms. The van der Waals surface area contributed by atoms with E-state index in [1.165, 1.54) is 10.9 Å². The van der Waals surface area contributed by atoms with Gasteiger partial charge in [-0.2, -0.15) is 4.99 Å². The summed E-state index contributed by atoms with van der Waals surface area (Å²) in [7, 11) is 0. The van der Waals surface area contributed by atoms with E-state index >= 15 is 0 Å². The van der Waals surface area contributed by atoms with E-state index in [2.05, 4.69) is 53.1 Å². The van der Waals surface area contributed by atoms with Gasteiger partial charge in [-0.05, 0) is 38.3 Å². The standard InChI is InChI=1S/C24H37N7O/c1-4-5-8-19(15-18-16-27-21-10-7-6-9-20(18)21)28-23(32)22(25)29-24(26)31-13-11-30(12-14-31)17(2)3/h6-7,9-10,16-17,19,27H,4-5,8,11-15H2,1-3H3,(H,28,32)(H3,25,26,29). The summed E-state index contributed by atoms with van der Waals surface area (Å²) in [5.41, 5.74) is 8.26. The van der Waals surface area contributed by atoms with Gasteiger partial charge in [0.2, 0.25) is 5.96 Å². The summed E-state index contributed by atoms with van der Waals surface area (Å²) in [5.74, 6) is -0.499. The second-order valence-corrected chi connectivity index (χ2v) is 8.81. The Hall–Kier alpha value is -2.87. The summed E-state index contributed by atoms with van der Waals surface area (Å²) in [6.45, 7) is 9.68. The third-order valence-corrected chi connectivity index (χ3v) is 6.19. The van der Waals surface area contributed by atoms with E-state index in [0.717, 1.165) is 57.4 Å². The Labute approximate surface area is 190 Å². The number of nitrogens with two attached hydrogens (primary N) is 1. The molecule has 1 aromatic heterocycles. The van der Waals surface area contributed by atoms with Gasteiger partial charge in [0.25, 0.3) is 5.91 Å². The van der Waals surface area contributed by atoms with Gasteiger partial charge in [0.1, 0.15) is 0 Å². The van der Waals surface area contributed by atoms with E-state index < -0.39 is 5.91 Å². The minimum absolute atomic E-state index is 0.0424. The summed E-state index contributed by atoms with van der Waals surface area (Å²) in [6, 6.07) is 8.62. The van der Waals surface area contributed by atoms with Gasteiger partial charge in [0.05, 0.1) is 0 Å². The molecule has 1 amide bonds. The Kier molecular flexibility index (Phi) is 8.27. The van der Waals surface area contributed by atoms with E-state index in [1.807, 2.05) is 23.2 Å². The maximum Gasteiger partial charge on any atom is 0.286 e. The molecule has 1 aromatic carbocycles. The molecule has 0 aliphatic carbocycles. The zero-order chi connectivity index (χ0) is 23.1. The maximum atomic E-state index is 12.8. The molecule has 0 spiro atoms. The lowest BCUT2D eigenvalue weighted by Crippen LogP contribution is -2.51. The number of benzene rings is 1. The largest absolute Gasteiger partial charge is 0.379 e. The molecular formula is C24H37N7O. The molecule has 8 heteroatoms. The third-order valence-electron chi connectivity index (χ3n) is 6.19. The number of H-pyrrole nitrogens is 1. The number of hydrogen-bond acceptors (Lipinski definition) is 3. The fourth-order valence-electron chi connectivity index (χ4n) is 4.19. The van der Waals surface area contributed by atoms with E-state index in [-0.39, 0.29) is 17.8 Å². The van der Waals surface area contributed by atoms with Gasteiger partial charge in [0, 0.05) is 55.4 Å². The van der Waals surface area contributed by atoms with Gasteiger partial charge in [-0.25, -0.2) is 0 Å². The number of aromatic nitrogens is 1. The van der Waals surface area contributed by atoms with Crippen LogP contribution in [0.4, 0.5) is 0 Å². The number of nitrogens with zero attached hydrogens (tertiary/aromatic N) is 3. The number of hydrogen-bond donors (Lipinski definition) is 4. The van der Waals surface area contributed by atoms with Crippen LogP contribution in [0.1, 0.15) is 45.6 Å². The number of amides is 1. The summed E-state index contributed by atoms with van der Waals surface area (Å²) >= 11 is 0. The van der Waals surface area contributed by atoms with Crippen molar-refractivity contribution in [3.63, 3.8) is 0 Å². The van der Waals surface area contributed by atoms with Crippen LogP contribution in [0.15, 0.2) is 35.5 Å². The number of aliphatic imine (C=N–C) groups is 1. The Bertz CT molecular complexity index is 941. The van der Waals surface area contributed by atoms with Crippen molar-refractivity contribution in [1.29, 1.82) is 5.41 Å². The van der Waals surface area contributed by atoms with Crippen molar-refractivity contribution in [2.45, 2.75) is 58.5 Å². The third kappa shape index (κ3) is 6.09. The van der Waals surface area contributed by atoms with Crippen LogP contribution in [0.25, 0.3) is 10.9 Å². The molecule has 1 aliphatic heterocycles. The fourth-order valence-corrected chi connectivity index (χ4v) is 4.19. The van der Waals surface area contributed by atoms with Crippen molar-refractivity contribution in [2.75, 3.05) is 26.2 Å². The second-order valence-electron chi connectivity index (χ2n) is 8.81. The van der Waals surface area contributed by atoms with Crippen molar-refractivity contribution in [1.82, 2.24) is 20.1 Å². The fraction of sp³-hybridized carbons (Fsp3) is 0.542. The normalized spacial score (nSPS) is 16.5. The number of rotatable bonds is 7. The zero-order valence-corrected chi connectivity index (χ0v) is 19.5. The van der Waals surface area contributed by atoms with Gasteiger partial charge in [-0.15, -0.1) is 0 Å². The molecule has 5 N–H and O–H groups in total. The average Bonchev–Trinajstić information content (AvgIpc) is 3.20. The second kappa shape index (κ2) is 11.1. The number of aromatic amines is 1. The minimum Gasteiger partial charge on any atom is -0.379 e. The molecule has 1 fully saturated rings. The number of para-hydroxylation sites is 1. The first-order valence-corrected chi connectivity index (χ1v) is 11.7. The molecule has 2 heterocycles. The lowest BCUT2D eigenvalue weighted by atomic mass is 10.0. The average molecular weight is 440 g/mol. The highest BCUT2D eigenvalue weighted by Gasteiger charge is 2.22. The zero-order valence-electron chi connectivity index (χ0n) is 19.5. The number of amidine groups is 1. The lowest BCUT2D eigenvalue weighted by Gasteiger charge is -2.37. The molecular weight excluding hydrogens is 402 g/mol. The first-order chi connectivity index (χ1) is 15.4. The monoisotopic (exact) mass is 439 g/mol. The maximum absolute atomic E-state index is 12.8. The van der Waals surface area contributed by atoms with Crippen LogP contribution in [-0.4, -0.2) is 70.7 Å². The number of guanidine groups is 1. The van der Waals surface area contributed by atoms with Crippen LogP contribution in [0.3, 0.4) is 0 Å². The van der Waals surface area contributed by atoms with Crippen LogP contribution in [0.2, 0.25) is 0 Å². The Morgan fingerprint density at radius 3 is 2.66 bits per heavy atom. The van der Waals surface area contributed by atoms with Crippen molar-refractivity contribution in [2.24, 2.45) is 10.7 Å². The predicted octanol–water partition coefficient (Wildman–Crippen LogP) is 2.70. The van der Waals surface area contributed by atoms with Crippen LogP contribution < -0.4 is 11.1 Å². The van der Waals surface area contributed by atoms with Crippen molar-refractivity contribution in [3.05, 3.63) is 36.0 Å². The Morgan fingerprint density at radius 1 is 1.25 bits per heavy atom. The molecule has 3 rings (SSSR count). The molecule has 0 bridgehead atoms. The molecule has 0 saturated carbocycles. The molecule has 1 atom stereocenters. The number of carbonyl (C=O) groups is 1. The lowest BCUT2D eigenvalue weighted by molar-refractivity contribution is -0.115. The minimum atomic E-state index is -0.406. The van der Waals surface area contributed by atoms with Crippen molar-refractivity contribution < 1.29 is 4.79 Å². The smallest absolute Gasteiger partial charge is 0.286 e. The summed E-state index contributed by atoms with van der Waals surface area (Å²) in [5, 5.41) is 12.5. The molecule has 1 saturated heterocycles. The number of carbonyl (C=O) groups excluding carboxylic acids is 1. The number of piperazine rings is 1. The van der Waals surface area contributed by atoms with Gasteiger partial charge in [0.15, 0.2) is 5.84 Å². The number of nitrogens with one attached hydrogen (secondary N) is 3. The van der Waals surface area contributed by atoms with Crippen LogP contribution in [-0.2, 0) is 11.2 Å². The van der Waals surface area contributed by atoms with E-state index in [9.17, 15) is 4.79 Å². The highest BCUT2D eigenvalue weighted by Crippen LogP contribution is 2.20. The van der Waals surface area contributed by atoms with Crippen LogP contribution in [0.5, 0.6) is 0 Å². The topological polar surface area (TPSA) is 114 Å².